The van der Waals surface area contributed by atoms with Crippen LogP contribution in [0.15, 0.2) is 29.2 Å². The smallest absolute Gasteiger partial charge is 0.251 e. The van der Waals surface area contributed by atoms with Crippen LogP contribution in [0.4, 0.5) is 0 Å². The van der Waals surface area contributed by atoms with E-state index in [2.05, 4.69) is 10.0 Å². The van der Waals surface area contributed by atoms with Crippen LogP contribution in [0.5, 0.6) is 0 Å². The first kappa shape index (κ1) is 19.3. The van der Waals surface area contributed by atoms with Crippen molar-refractivity contribution in [2.24, 2.45) is 11.7 Å². The number of nitrogens with two attached hydrogens (primary N) is 1. The Morgan fingerprint density at radius 2 is 1.92 bits per heavy atom. The third-order valence-corrected chi connectivity index (χ3v) is 6.67. The molecule has 3 atom stereocenters. The lowest BCUT2D eigenvalue weighted by Crippen LogP contribution is -2.39. The first-order chi connectivity index (χ1) is 12.5. The second kappa shape index (κ2) is 8.47. The van der Waals surface area contributed by atoms with Crippen molar-refractivity contribution in [3.8, 4) is 0 Å². The van der Waals surface area contributed by atoms with E-state index >= 15 is 0 Å². The third kappa shape index (κ3) is 4.62. The molecule has 0 radical (unpaired) electrons. The quantitative estimate of drug-likeness (QED) is 0.653. The van der Waals surface area contributed by atoms with Crippen LogP contribution in [-0.4, -0.2) is 46.2 Å². The van der Waals surface area contributed by atoms with E-state index in [-0.39, 0.29) is 29.5 Å². The van der Waals surface area contributed by atoms with E-state index in [9.17, 15) is 13.2 Å². The van der Waals surface area contributed by atoms with Gasteiger partial charge in [-0.25, -0.2) is 13.1 Å². The van der Waals surface area contributed by atoms with Crippen LogP contribution < -0.4 is 15.8 Å². The SMILES string of the molecule is NCC1CCCC1NC(=O)c1ccc(S(=O)(=O)NCC2CCCO2)cc1. The summed E-state index contributed by atoms with van der Waals surface area (Å²) < 4.78 is 32.7. The number of hydrogen-bond donors (Lipinski definition) is 3. The zero-order chi connectivity index (χ0) is 18.6. The van der Waals surface area contributed by atoms with Crippen LogP contribution in [0, 0.1) is 5.92 Å². The highest BCUT2D eigenvalue weighted by molar-refractivity contribution is 7.89. The minimum atomic E-state index is -3.60. The lowest BCUT2D eigenvalue weighted by molar-refractivity contribution is 0.0928. The molecule has 26 heavy (non-hydrogen) atoms. The summed E-state index contributed by atoms with van der Waals surface area (Å²) >= 11 is 0. The molecule has 0 spiro atoms. The summed E-state index contributed by atoms with van der Waals surface area (Å²) in [6.07, 6.45) is 4.81. The van der Waals surface area contributed by atoms with E-state index in [0.717, 1.165) is 32.1 Å². The van der Waals surface area contributed by atoms with Crippen molar-refractivity contribution in [1.82, 2.24) is 10.0 Å². The van der Waals surface area contributed by atoms with Gasteiger partial charge in [-0.1, -0.05) is 6.42 Å². The summed E-state index contributed by atoms with van der Waals surface area (Å²) in [6.45, 7) is 1.52. The molecule has 3 rings (SSSR count). The number of ether oxygens (including phenoxy) is 1. The third-order valence-electron chi connectivity index (χ3n) is 5.23. The fourth-order valence-corrected chi connectivity index (χ4v) is 4.70. The van der Waals surface area contributed by atoms with Gasteiger partial charge in [0.25, 0.3) is 5.91 Å². The number of carbonyl (C=O) groups excluding carboxylic acids is 1. The van der Waals surface area contributed by atoms with E-state index < -0.39 is 10.0 Å². The summed E-state index contributed by atoms with van der Waals surface area (Å²) in [4.78, 5) is 12.5. The van der Waals surface area contributed by atoms with Gasteiger partial charge in [-0.3, -0.25) is 4.79 Å². The highest BCUT2D eigenvalue weighted by Crippen LogP contribution is 2.25. The average molecular weight is 381 g/mol. The molecule has 4 N–H and O–H groups in total. The maximum atomic E-state index is 12.4. The van der Waals surface area contributed by atoms with Crippen molar-refractivity contribution in [3.05, 3.63) is 29.8 Å². The van der Waals surface area contributed by atoms with Gasteiger partial charge in [-0.15, -0.1) is 0 Å². The molecule has 2 aliphatic rings. The molecule has 0 aromatic heterocycles. The van der Waals surface area contributed by atoms with Crippen molar-refractivity contribution in [2.75, 3.05) is 19.7 Å². The van der Waals surface area contributed by atoms with Crippen LogP contribution in [0.25, 0.3) is 0 Å². The summed E-state index contributed by atoms with van der Waals surface area (Å²) in [7, 11) is -3.60. The maximum Gasteiger partial charge on any atom is 0.251 e. The fraction of sp³-hybridized carbons (Fsp3) is 0.611. The van der Waals surface area contributed by atoms with Gasteiger partial charge < -0.3 is 15.8 Å². The van der Waals surface area contributed by atoms with Gasteiger partial charge >= 0.3 is 0 Å². The van der Waals surface area contributed by atoms with Crippen molar-refractivity contribution >= 4 is 15.9 Å². The predicted octanol–water partition coefficient (Wildman–Crippen LogP) is 1.00. The van der Waals surface area contributed by atoms with Gasteiger partial charge in [0.15, 0.2) is 0 Å². The van der Waals surface area contributed by atoms with Crippen molar-refractivity contribution in [2.45, 2.75) is 49.1 Å². The number of benzene rings is 1. The zero-order valence-electron chi connectivity index (χ0n) is 14.8. The Morgan fingerprint density at radius 3 is 2.58 bits per heavy atom. The molecule has 1 saturated heterocycles. The second-order valence-electron chi connectivity index (χ2n) is 7.02. The fourth-order valence-electron chi connectivity index (χ4n) is 3.64. The number of rotatable bonds is 7. The highest BCUT2D eigenvalue weighted by Gasteiger charge is 2.27. The Labute approximate surface area is 154 Å². The topological polar surface area (TPSA) is 111 Å². The van der Waals surface area contributed by atoms with Crippen molar-refractivity contribution in [1.29, 1.82) is 0 Å². The van der Waals surface area contributed by atoms with Crippen LogP contribution in [0.1, 0.15) is 42.5 Å². The Bertz CT molecular complexity index is 714. The highest BCUT2D eigenvalue weighted by atomic mass is 32.2. The summed E-state index contributed by atoms with van der Waals surface area (Å²) in [5, 5.41) is 3.02. The minimum Gasteiger partial charge on any atom is -0.377 e. The number of amides is 1. The van der Waals surface area contributed by atoms with Crippen molar-refractivity contribution in [3.63, 3.8) is 0 Å². The number of carbonyl (C=O) groups is 1. The Balaban J connectivity index is 1.59. The van der Waals surface area contributed by atoms with Crippen LogP contribution in [0.3, 0.4) is 0 Å². The molecule has 1 saturated carbocycles. The molecule has 144 valence electrons. The number of sulfonamides is 1. The average Bonchev–Trinajstić information content (AvgIpc) is 3.31. The molecule has 3 unspecified atom stereocenters. The molecule has 7 nitrogen and oxygen atoms in total. The molecule has 1 aliphatic heterocycles. The van der Waals surface area contributed by atoms with Gasteiger partial charge in [0.05, 0.1) is 11.0 Å². The van der Waals surface area contributed by atoms with Gasteiger partial charge in [-0.05, 0) is 62.4 Å². The zero-order valence-corrected chi connectivity index (χ0v) is 15.6. The Hall–Kier alpha value is -1.48. The normalized spacial score (nSPS) is 26.1. The van der Waals surface area contributed by atoms with E-state index in [4.69, 9.17) is 10.5 Å². The molecule has 0 bridgehead atoms. The first-order valence-electron chi connectivity index (χ1n) is 9.22. The Morgan fingerprint density at radius 1 is 1.15 bits per heavy atom. The molecule has 1 aromatic carbocycles. The number of nitrogens with one attached hydrogen (secondary N) is 2. The first-order valence-corrected chi connectivity index (χ1v) is 10.7. The predicted molar refractivity (Wildman–Crippen MR) is 98.3 cm³/mol. The lowest BCUT2D eigenvalue weighted by atomic mass is 10.0. The maximum absolute atomic E-state index is 12.4. The minimum absolute atomic E-state index is 0.0586. The van der Waals surface area contributed by atoms with E-state index in [1.54, 1.807) is 12.1 Å². The van der Waals surface area contributed by atoms with E-state index in [0.29, 0.717) is 24.6 Å². The summed E-state index contributed by atoms with van der Waals surface area (Å²) in [6, 6.07) is 6.11. The summed E-state index contributed by atoms with van der Waals surface area (Å²) in [5.41, 5.74) is 6.20. The van der Waals surface area contributed by atoms with E-state index in [1.807, 2.05) is 0 Å². The van der Waals surface area contributed by atoms with Gasteiger partial charge in [-0.2, -0.15) is 0 Å². The van der Waals surface area contributed by atoms with Gasteiger partial charge in [0.1, 0.15) is 0 Å². The van der Waals surface area contributed by atoms with Gasteiger partial charge in [0.2, 0.25) is 10.0 Å². The molecule has 1 amide bonds. The number of hydrogen-bond acceptors (Lipinski definition) is 5. The molecular weight excluding hydrogens is 354 g/mol. The Kier molecular flexibility index (Phi) is 6.29. The summed E-state index contributed by atoms with van der Waals surface area (Å²) in [5.74, 6) is 0.132. The monoisotopic (exact) mass is 381 g/mol. The molecular formula is C18H27N3O4S. The van der Waals surface area contributed by atoms with Gasteiger partial charge in [0, 0.05) is 24.8 Å². The van der Waals surface area contributed by atoms with Crippen LogP contribution in [0.2, 0.25) is 0 Å². The largest absolute Gasteiger partial charge is 0.377 e. The molecule has 8 heteroatoms. The molecule has 1 aromatic rings. The van der Waals surface area contributed by atoms with Crippen LogP contribution in [-0.2, 0) is 14.8 Å². The molecule has 2 fully saturated rings. The molecule has 1 aliphatic carbocycles. The molecule has 1 heterocycles. The standard InChI is InChI=1S/C18H27N3O4S/c19-11-14-3-1-5-17(14)21-18(22)13-6-8-16(9-7-13)26(23,24)20-12-15-4-2-10-25-15/h6-9,14-15,17,20H,1-5,10-12,19H2,(H,21,22). The lowest BCUT2D eigenvalue weighted by Gasteiger charge is -2.19. The van der Waals surface area contributed by atoms with Crippen molar-refractivity contribution < 1.29 is 17.9 Å². The second-order valence-corrected chi connectivity index (χ2v) is 8.78. The van der Waals surface area contributed by atoms with E-state index in [1.165, 1.54) is 12.1 Å². The van der Waals surface area contributed by atoms with Crippen LogP contribution >= 0.6 is 0 Å².